The molecular weight excluding hydrogens is 208 g/mol. The number of carbonyl (C=O) groups excluding carboxylic acids is 1. The third-order valence-corrected chi connectivity index (χ3v) is 4.54. The van der Waals surface area contributed by atoms with Gasteiger partial charge in [-0.15, -0.1) is 0 Å². The standard InChI is InChI=1S/C16H14O/c17-13-8-12-9-16(12,10-13)15-7-3-5-11-4-1-2-6-14(11)15/h1-7,12H,8-10H2/t12?,16-/m1/s1. The minimum atomic E-state index is 0.206. The predicted molar refractivity (Wildman–Crippen MR) is 68.0 cm³/mol. The van der Waals surface area contributed by atoms with Crippen LogP contribution in [0.2, 0.25) is 0 Å². The largest absolute Gasteiger partial charge is 0.300 e. The molecule has 1 nitrogen and oxygen atoms in total. The summed E-state index contributed by atoms with van der Waals surface area (Å²) in [6, 6.07) is 15.0. The molecule has 0 spiro atoms. The maximum absolute atomic E-state index is 11.6. The van der Waals surface area contributed by atoms with E-state index in [0.29, 0.717) is 11.7 Å². The Hall–Kier alpha value is -1.63. The maximum Gasteiger partial charge on any atom is 0.134 e. The number of carbonyl (C=O) groups is 1. The van der Waals surface area contributed by atoms with Crippen molar-refractivity contribution >= 4 is 16.6 Å². The van der Waals surface area contributed by atoms with Gasteiger partial charge in [-0.2, -0.15) is 0 Å². The van der Waals surface area contributed by atoms with Crippen LogP contribution in [0, 0.1) is 5.92 Å². The fourth-order valence-corrected chi connectivity index (χ4v) is 3.65. The molecule has 17 heavy (non-hydrogen) atoms. The molecule has 0 N–H and O–H groups in total. The van der Waals surface area contributed by atoms with Gasteiger partial charge in [-0.25, -0.2) is 0 Å². The third-order valence-electron chi connectivity index (χ3n) is 4.54. The first-order valence-corrected chi connectivity index (χ1v) is 6.29. The van der Waals surface area contributed by atoms with Crippen LogP contribution in [0.1, 0.15) is 24.8 Å². The van der Waals surface area contributed by atoms with Crippen LogP contribution in [0.5, 0.6) is 0 Å². The number of hydrogen-bond acceptors (Lipinski definition) is 1. The van der Waals surface area contributed by atoms with Crippen molar-refractivity contribution in [2.75, 3.05) is 0 Å². The number of rotatable bonds is 1. The second kappa shape index (κ2) is 2.98. The molecule has 0 radical (unpaired) electrons. The van der Waals surface area contributed by atoms with Gasteiger partial charge >= 0.3 is 0 Å². The minimum absolute atomic E-state index is 0.206. The summed E-state index contributed by atoms with van der Waals surface area (Å²) in [6.07, 6.45) is 2.79. The van der Waals surface area contributed by atoms with E-state index in [1.54, 1.807) is 0 Å². The lowest BCUT2D eigenvalue weighted by Crippen LogP contribution is -2.08. The lowest BCUT2D eigenvalue weighted by atomic mass is 9.89. The number of fused-ring (bicyclic) bond motifs is 2. The van der Waals surface area contributed by atoms with E-state index in [-0.39, 0.29) is 5.41 Å². The molecule has 2 aliphatic carbocycles. The minimum Gasteiger partial charge on any atom is -0.300 e. The quantitative estimate of drug-likeness (QED) is 0.722. The molecule has 0 aliphatic heterocycles. The molecule has 0 aromatic heterocycles. The van der Waals surface area contributed by atoms with Gasteiger partial charge in [-0.3, -0.25) is 4.79 Å². The van der Waals surface area contributed by atoms with Gasteiger partial charge in [0.1, 0.15) is 5.78 Å². The number of ketones is 1. The van der Waals surface area contributed by atoms with Gasteiger partial charge in [0.05, 0.1) is 0 Å². The van der Waals surface area contributed by atoms with E-state index in [2.05, 4.69) is 42.5 Å². The molecule has 0 saturated heterocycles. The number of hydrogen-bond donors (Lipinski definition) is 0. The molecule has 2 saturated carbocycles. The van der Waals surface area contributed by atoms with Gasteiger partial charge in [-0.1, -0.05) is 42.5 Å². The molecule has 2 fully saturated rings. The smallest absolute Gasteiger partial charge is 0.134 e. The van der Waals surface area contributed by atoms with E-state index in [0.717, 1.165) is 12.8 Å². The SMILES string of the molecule is O=C1CC2C[C@@]2(c2cccc3ccccc23)C1. The lowest BCUT2D eigenvalue weighted by molar-refractivity contribution is -0.118. The van der Waals surface area contributed by atoms with Crippen molar-refractivity contribution in [1.82, 2.24) is 0 Å². The summed E-state index contributed by atoms with van der Waals surface area (Å²) in [5.41, 5.74) is 1.62. The Bertz CT molecular complexity index is 623. The molecule has 1 heteroatoms. The van der Waals surface area contributed by atoms with Crippen LogP contribution in [0.25, 0.3) is 10.8 Å². The highest BCUT2D eigenvalue weighted by Gasteiger charge is 2.61. The first-order chi connectivity index (χ1) is 8.29. The average molecular weight is 222 g/mol. The Balaban J connectivity index is 1.95. The molecule has 2 aromatic rings. The summed E-state index contributed by atoms with van der Waals surface area (Å²) in [5, 5.41) is 2.64. The molecule has 84 valence electrons. The first kappa shape index (κ1) is 9.41. The van der Waals surface area contributed by atoms with Crippen LogP contribution in [-0.2, 0) is 10.2 Å². The second-order valence-corrected chi connectivity index (χ2v) is 5.50. The van der Waals surface area contributed by atoms with E-state index in [9.17, 15) is 4.79 Å². The Morgan fingerprint density at radius 3 is 2.71 bits per heavy atom. The fraction of sp³-hybridized carbons (Fsp3) is 0.312. The Morgan fingerprint density at radius 1 is 1.06 bits per heavy atom. The highest BCUT2D eigenvalue weighted by Crippen LogP contribution is 2.64. The van der Waals surface area contributed by atoms with Crippen LogP contribution >= 0.6 is 0 Å². The van der Waals surface area contributed by atoms with Gasteiger partial charge < -0.3 is 0 Å². The highest BCUT2D eigenvalue weighted by molar-refractivity contribution is 5.91. The molecule has 2 atom stereocenters. The summed E-state index contributed by atoms with van der Waals surface area (Å²) in [5.74, 6) is 1.08. The molecule has 0 bridgehead atoms. The first-order valence-electron chi connectivity index (χ1n) is 6.29. The van der Waals surface area contributed by atoms with Crippen LogP contribution in [-0.4, -0.2) is 5.78 Å². The summed E-state index contributed by atoms with van der Waals surface area (Å²) in [6.45, 7) is 0. The van der Waals surface area contributed by atoms with Crippen molar-refractivity contribution in [2.45, 2.75) is 24.7 Å². The fourth-order valence-electron chi connectivity index (χ4n) is 3.65. The Kier molecular flexibility index (Phi) is 1.65. The van der Waals surface area contributed by atoms with E-state index in [1.165, 1.54) is 22.8 Å². The summed E-state index contributed by atoms with van der Waals surface area (Å²) in [7, 11) is 0. The summed E-state index contributed by atoms with van der Waals surface area (Å²) >= 11 is 0. The molecule has 2 aromatic carbocycles. The van der Waals surface area contributed by atoms with Gasteiger partial charge in [0.15, 0.2) is 0 Å². The van der Waals surface area contributed by atoms with Crippen molar-refractivity contribution in [1.29, 1.82) is 0 Å². The van der Waals surface area contributed by atoms with Crippen molar-refractivity contribution in [3.05, 3.63) is 48.0 Å². The van der Waals surface area contributed by atoms with Gasteiger partial charge in [0.2, 0.25) is 0 Å². The summed E-state index contributed by atoms with van der Waals surface area (Å²) in [4.78, 5) is 11.6. The van der Waals surface area contributed by atoms with Crippen LogP contribution in [0.4, 0.5) is 0 Å². The van der Waals surface area contributed by atoms with Gasteiger partial charge in [-0.05, 0) is 28.7 Å². The second-order valence-electron chi connectivity index (χ2n) is 5.50. The van der Waals surface area contributed by atoms with Crippen LogP contribution in [0.15, 0.2) is 42.5 Å². The maximum atomic E-state index is 11.6. The molecule has 4 rings (SSSR count). The van der Waals surface area contributed by atoms with E-state index in [1.807, 2.05) is 0 Å². The lowest BCUT2D eigenvalue weighted by Gasteiger charge is -2.14. The molecule has 0 heterocycles. The molecule has 0 amide bonds. The van der Waals surface area contributed by atoms with E-state index >= 15 is 0 Å². The van der Waals surface area contributed by atoms with E-state index in [4.69, 9.17) is 0 Å². The zero-order valence-electron chi connectivity index (χ0n) is 9.65. The van der Waals surface area contributed by atoms with Crippen molar-refractivity contribution < 1.29 is 4.79 Å². The van der Waals surface area contributed by atoms with E-state index < -0.39 is 0 Å². The van der Waals surface area contributed by atoms with Crippen molar-refractivity contribution in [3.8, 4) is 0 Å². The molecule has 2 aliphatic rings. The number of benzene rings is 2. The van der Waals surface area contributed by atoms with Crippen LogP contribution in [0.3, 0.4) is 0 Å². The summed E-state index contributed by atoms with van der Waals surface area (Å²) < 4.78 is 0. The van der Waals surface area contributed by atoms with Crippen molar-refractivity contribution in [3.63, 3.8) is 0 Å². The third kappa shape index (κ3) is 1.17. The number of Topliss-reactive ketones (excluding diaryl/α,β-unsaturated/α-hetero) is 1. The molecule has 1 unspecified atom stereocenters. The zero-order valence-corrected chi connectivity index (χ0v) is 9.65. The average Bonchev–Trinajstić information content (AvgIpc) is 2.92. The van der Waals surface area contributed by atoms with Gasteiger partial charge in [0, 0.05) is 18.3 Å². The monoisotopic (exact) mass is 222 g/mol. The Morgan fingerprint density at radius 2 is 1.88 bits per heavy atom. The highest BCUT2D eigenvalue weighted by atomic mass is 16.1. The van der Waals surface area contributed by atoms with Crippen molar-refractivity contribution in [2.24, 2.45) is 5.92 Å². The normalized spacial score (nSPS) is 30.6. The Labute approximate surface area is 100 Å². The molecular formula is C16H14O. The predicted octanol–water partition coefficient (Wildman–Crippen LogP) is 3.46. The van der Waals surface area contributed by atoms with Gasteiger partial charge in [0.25, 0.3) is 0 Å². The topological polar surface area (TPSA) is 17.1 Å². The zero-order chi connectivity index (χ0) is 11.5. The van der Waals surface area contributed by atoms with Crippen LogP contribution < -0.4 is 0 Å².